The third-order valence-corrected chi connectivity index (χ3v) is 3.02. The number of likely N-dealkylation sites (N-methyl/N-ethyl adjacent to an activating group) is 1. The first kappa shape index (κ1) is 14.9. The van der Waals surface area contributed by atoms with Gasteiger partial charge in [-0.2, -0.15) is 0 Å². The topological polar surface area (TPSA) is 37.3 Å². The van der Waals surface area contributed by atoms with Gasteiger partial charge in [-0.15, -0.1) is 0 Å². The van der Waals surface area contributed by atoms with Gasteiger partial charge in [0.2, 0.25) is 0 Å². The molecule has 0 fully saturated rings. The first-order valence-electron chi connectivity index (χ1n) is 6.86. The second-order valence-corrected chi connectivity index (χ2v) is 4.42. The van der Waals surface area contributed by atoms with E-state index in [1.807, 2.05) is 12.3 Å². The van der Waals surface area contributed by atoms with Crippen LogP contribution in [-0.2, 0) is 6.54 Å². The van der Waals surface area contributed by atoms with Crippen molar-refractivity contribution in [2.45, 2.75) is 26.8 Å². The highest BCUT2D eigenvalue weighted by Gasteiger charge is 1.99. The molecule has 4 nitrogen and oxygen atoms in total. The van der Waals surface area contributed by atoms with Gasteiger partial charge >= 0.3 is 0 Å². The van der Waals surface area contributed by atoms with Crippen LogP contribution in [-0.4, -0.2) is 42.2 Å². The lowest BCUT2D eigenvalue weighted by Crippen LogP contribution is -2.34. The van der Waals surface area contributed by atoms with E-state index in [2.05, 4.69) is 24.1 Å². The highest BCUT2D eigenvalue weighted by Crippen LogP contribution is 1.89. The van der Waals surface area contributed by atoms with Crippen molar-refractivity contribution in [3.05, 3.63) is 34.7 Å². The quantitative estimate of drug-likeness (QED) is 0.669. The summed E-state index contributed by atoms with van der Waals surface area (Å²) in [5.41, 5.74) is 0.0699. The number of nitrogens with one attached hydrogen (secondary N) is 1. The van der Waals surface area contributed by atoms with Gasteiger partial charge in [-0.3, -0.25) is 4.79 Å². The molecule has 0 spiro atoms. The molecule has 0 aliphatic rings. The van der Waals surface area contributed by atoms with E-state index >= 15 is 0 Å². The maximum absolute atomic E-state index is 11.4. The van der Waals surface area contributed by atoms with Gasteiger partial charge in [0.05, 0.1) is 0 Å². The van der Waals surface area contributed by atoms with E-state index in [-0.39, 0.29) is 5.56 Å². The summed E-state index contributed by atoms with van der Waals surface area (Å²) in [4.78, 5) is 13.9. The third-order valence-electron chi connectivity index (χ3n) is 3.02. The van der Waals surface area contributed by atoms with Gasteiger partial charge in [0.25, 0.3) is 5.56 Å². The summed E-state index contributed by atoms with van der Waals surface area (Å²) < 4.78 is 1.73. The van der Waals surface area contributed by atoms with Crippen LogP contribution in [0.15, 0.2) is 29.2 Å². The van der Waals surface area contributed by atoms with E-state index in [4.69, 9.17) is 0 Å². The van der Waals surface area contributed by atoms with Gasteiger partial charge in [0.15, 0.2) is 0 Å². The van der Waals surface area contributed by atoms with E-state index in [1.54, 1.807) is 16.7 Å². The Morgan fingerprint density at radius 2 is 2.06 bits per heavy atom. The normalized spacial score (nSPS) is 11.1. The molecule has 1 rings (SSSR count). The van der Waals surface area contributed by atoms with Crippen molar-refractivity contribution in [1.29, 1.82) is 0 Å². The van der Waals surface area contributed by atoms with Crippen LogP contribution in [0.25, 0.3) is 0 Å². The smallest absolute Gasteiger partial charge is 0.250 e. The van der Waals surface area contributed by atoms with Crippen LogP contribution in [0.2, 0.25) is 0 Å². The molecule has 0 aliphatic heterocycles. The summed E-state index contributed by atoms with van der Waals surface area (Å²) in [6.07, 6.45) is 3.03. The summed E-state index contributed by atoms with van der Waals surface area (Å²) in [7, 11) is 0. The highest BCUT2D eigenvalue weighted by atomic mass is 16.1. The Balaban J connectivity index is 2.15. The molecule has 0 saturated heterocycles. The Kier molecular flexibility index (Phi) is 7.37. The van der Waals surface area contributed by atoms with Gasteiger partial charge < -0.3 is 14.8 Å². The second kappa shape index (κ2) is 8.89. The van der Waals surface area contributed by atoms with E-state index in [9.17, 15) is 4.79 Å². The highest BCUT2D eigenvalue weighted by molar-refractivity contribution is 4.93. The van der Waals surface area contributed by atoms with Gasteiger partial charge in [-0.25, -0.2) is 0 Å². The minimum Gasteiger partial charge on any atom is -0.314 e. The molecular formula is C14H25N3O. The van der Waals surface area contributed by atoms with Crippen LogP contribution >= 0.6 is 0 Å². The lowest BCUT2D eigenvalue weighted by molar-refractivity contribution is 0.287. The molecule has 1 aromatic rings. The van der Waals surface area contributed by atoms with E-state index in [0.717, 1.165) is 39.3 Å². The van der Waals surface area contributed by atoms with Gasteiger partial charge in [-0.1, -0.05) is 19.9 Å². The SMILES string of the molecule is CCCN(CC)CCNCCn1ccccc1=O. The zero-order valence-electron chi connectivity index (χ0n) is 11.6. The Bertz CT molecular complexity index is 375. The van der Waals surface area contributed by atoms with Crippen LogP contribution in [0, 0.1) is 0 Å². The van der Waals surface area contributed by atoms with Gasteiger partial charge in [-0.05, 0) is 25.6 Å². The van der Waals surface area contributed by atoms with Crippen LogP contribution in [0.3, 0.4) is 0 Å². The average molecular weight is 251 g/mol. The zero-order chi connectivity index (χ0) is 13.2. The fourth-order valence-electron chi connectivity index (χ4n) is 1.95. The summed E-state index contributed by atoms with van der Waals surface area (Å²) in [5, 5.41) is 3.38. The first-order chi connectivity index (χ1) is 8.77. The number of pyridine rings is 1. The minimum atomic E-state index is 0.0699. The van der Waals surface area contributed by atoms with Crippen molar-refractivity contribution in [3.8, 4) is 0 Å². The lowest BCUT2D eigenvalue weighted by atomic mass is 10.4. The molecule has 102 valence electrons. The van der Waals surface area contributed by atoms with E-state index < -0.39 is 0 Å². The van der Waals surface area contributed by atoms with Crippen molar-refractivity contribution < 1.29 is 0 Å². The molecule has 18 heavy (non-hydrogen) atoms. The molecular weight excluding hydrogens is 226 g/mol. The van der Waals surface area contributed by atoms with Crippen molar-refractivity contribution in [2.75, 3.05) is 32.7 Å². The van der Waals surface area contributed by atoms with Crippen LogP contribution in [0.1, 0.15) is 20.3 Å². The summed E-state index contributed by atoms with van der Waals surface area (Å²) in [6.45, 7) is 10.3. The number of hydrogen-bond donors (Lipinski definition) is 1. The molecule has 0 bridgehead atoms. The Morgan fingerprint density at radius 3 is 2.72 bits per heavy atom. The molecule has 0 aromatic carbocycles. The van der Waals surface area contributed by atoms with Crippen molar-refractivity contribution in [3.63, 3.8) is 0 Å². The molecule has 1 heterocycles. The Labute approximate surface area is 110 Å². The van der Waals surface area contributed by atoms with Gasteiger partial charge in [0, 0.05) is 38.4 Å². The zero-order valence-corrected chi connectivity index (χ0v) is 11.6. The molecule has 0 atom stereocenters. The molecule has 0 unspecified atom stereocenters. The fraction of sp³-hybridized carbons (Fsp3) is 0.643. The maximum atomic E-state index is 11.4. The number of nitrogens with zero attached hydrogens (tertiary/aromatic N) is 2. The molecule has 0 aliphatic carbocycles. The molecule has 4 heteroatoms. The molecule has 0 saturated carbocycles. The molecule has 1 N–H and O–H groups in total. The number of hydrogen-bond acceptors (Lipinski definition) is 3. The van der Waals surface area contributed by atoms with Crippen LogP contribution in [0.4, 0.5) is 0 Å². The largest absolute Gasteiger partial charge is 0.314 e. The number of rotatable bonds is 9. The second-order valence-electron chi connectivity index (χ2n) is 4.42. The standard InChI is InChI=1S/C14H25N3O/c1-3-10-16(4-2)12-8-15-9-13-17-11-6-5-7-14(17)18/h5-7,11,15H,3-4,8-10,12-13H2,1-2H3. The fourth-order valence-corrected chi connectivity index (χ4v) is 1.95. The van der Waals surface area contributed by atoms with Crippen LogP contribution in [0.5, 0.6) is 0 Å². The van der Waals surface area contributed by atoms with E-state index in [1.165, 1.54) is 6.42 Å². The number of aromatic nitrogens is 1. The predicted molar refractivity (Wildman–Crippen MR) is 76.0 cm³/mol. The van der Waals surface area contributed by atoms with Crippen molar-refractivity contribution in [1.82, 2.24) is 14.8 Å². The predicted octanol–water partition coefficient (Wildman–Crippen LogP) is 1.17. The summed E-state index contributed by atoms with van der Waals surface area (Å²) >= 11 is 0. The average Bonchev–Trinajstić information content (AvgIpc) is 2.39. The Hall–Kier alpha value is -1.13. The van der Waals surface area contributed by atoms with Gasteiger partial charge in [0.1, 0.15) is 0 Å². The molecule has 1 aromatic heterocycles. The van der Waals surface area contributed by atoms with Crippen molar-refractivity contribution in [2.24, 2.45) is 0 Å². The molecule has 0 radical (unpaired) electrons. The summed E-state index contributed by atoms with van der Waals surface area (Å²) in [5.74, 6) is 0. The maximum Gasteiger partial charge on any atom is 0.250 e. The van der Waals surface area contributed by atoms with E-state index in [0.29, 0.717) is 0 Å². The minimum absolute atomic E-state index is 0.0699. The Morgan fingerprint density at radius 1 is 1.22 bits per heavy atom. The van der Waals surface area contributed by atoms with Crippen molar-refractivity contribution >= 4 is 0 Å². The summed E-state index contributed by atoms with van der Waals surface area (Å²) in [6, 6.07) is 5.26. The lowest BCUT2D eigenvalue weighted by Gasteiger charge is -2.19. The third kappa shape index (κ3) is 5.47. The monoisotopic (exact) mass is 251 g/mol. The first-order valence-corrected chi connectivity index (χ1v) is 6.86. The molecule has 0 amide bonds. The van der Waals surface area contributed by atoms with Crippen LogP contribution < -0.4 is 10.9 Å².